The van der Waals surface area contributed by atoms with Crippen LogP contribution in [-0.4, -0.2) is 18.5 Å². The van der Waals surface area contributed by atoms with E-state index in [1.807, 2.05) is 24.3 Å². The van der Waals surface area contributed by atoms with E-state index in [4.69, 9.17) is 4.74 Å². The van der Waals surface area contributed by atoms with Gasteiger partial charge in [0.2, 0.25) is 5.91 Å². The maximum absolute atomic E-state index is 11.2. The van der Waals surface area contributed by atoms with E-state index in [9.17, 15) is 9.59 Å². The molecule has 1 rings (SSSR count). The van der Waals surface area contributed by atoms with Crippen LogP contribution in [0.1, 0.15) is 25.3 Å². The fourth-order valence-corrected chi connectivity index (χ4v) is 1.62. The summed E-state index contributed by atoms with van der Waals surface area (Å²) in [6.45, 7) is 5.62. The van der Waals surface area contributed by atoms with Crippen LogP contribution in [0.15, 0.2) is 36.9 Å². The first kappa shape index (κ1) is 15.0. The number of ether oxygens (including phenoxy) is 1. The van der Waals surface area contributed by atoms with Gasteiger partial charge in [-0.3, -0.25) is 9.59 Å². The van der Waals surface area contributed by atoms with Crippen LogP contribution in [0.4, 0.5) is 5.69 Å². The van der Waals surface area contributed by atoms with Crippen LogP contribution in [0.5, 0.6) is 0 Å². The lowest BCUT2D eigenvalue weighted by Crippen LogP contribution is -2.07. The van der Waals surface area contributed by atoms with Gasteiger partial charge in [-0.25, -0.2) is 0 Å². The molecule has 4 nitrogen and oxygen atoms in total. The number of hydrogen-bond donors (Lipinski definition) is 1. The summed E-state index contributed by atoms with van der Waals surface area (Å²) in [6, 6.07) is 7.54. The van der Waals surface area contributed by atoms with E-state index in [0.29, 0.717) is 13.0 Å². The number of nitrogens with one attached hydrogen (secondary N) is 1. The zero-order valence-electron chi connectivity index (χ0n) is 11.1. The molecule has 0 bridgehead atoms. The lowest BCUT2D eigenvalue weighted by molar-refractivity contribution is -0.143. The van der Waals surface area contributed by atoms with E-state index < -0.39 is 0 Å². The van der Waals surface area contributed by atoms with Crippen molar-refractivity contribution in [2.75, 3.05) is 11.9 Å². The molecule has 0 spiro atoms. The molecule has 0 saturated heterocycles. The number of anilines is 1. The van der Waals surface area contributed by atoms with Gasteiger partial charge in [0.05, 0.1) is 6.61 Å². The van der Waals surface area contributed by atoms with Gasteiger partial charge in [0.1, 0.15) is 0 Å². The van der Waals surface area contributed by atoms with Gasteiger partial charge in [0, 0.05) is 12.1 Å². The molecule has 0 saturated carbocycles. The summed E-state index contributed by atoms with van der Waals surface area (Å²) in [6.07, 6.45) is 3.24. The van der Waals surface area contributed by atoms with E-state index >= 15 is 0 Å². The quantitative estimate of drug-likeness (QED) is 0.606. The van der Waals surface area contributed by atoms with Gasteiger partial charge in [0.25, 0.3) is 0 Å². The van der Waals surface area contributed by atoms with E-state index in [-0.39, 0.29) is 11.9 Å². The Kier molecular flexibility index (Phi) is 6.36. The van der Waals surface area contributed by atoms with E-state index in [0.717, 1.165) is 24.1 Å². The average molecular weight is 261 g/mol. The molecule has 102 valence electrons. The second-order valence-corrected chi connectivity index (χ2v) is 4.05. The second kappa shape index (κ2) is 8.08. The summed E-state index contributed by atoms with van der Waals surface area (Å²) < 4.78 is 4.86. The Hall–Kier alpha value is -2.10. The number of benzene rings is 1. The Morgan fingerprint density at radius 2 is 2.00 bits per heavy atom. The van der Waals surface area contributed by atoms with Gasteiger partial charge in [0.15, 0.2) is 0 Å². The molecule has 0 aromatic heterocycles. The molecule has 0 fully saturated rings. The van der Waals surface area contributed by atoms with Gasteiger partial charge in [-0.2, -0.15) is 0 Å². The number of esters is 1. The predicted octanol–water partition coefficient (Wildman–Crippen LogP) is 2.70. The van der Waals surface area contributed by atoms with Crippen molar-refractivity contribution in [3.8, 4) is 0 Å². The summed E-state index contributed by atoms with van der Waals surface area (Å²) in [5, 5.41) is 2.68. The number of aryl methyl sites for hydroxylation is 1. The molecular formula is C15H19NO3. The van der Waals surface area contributed by atoms with Crippen LogP contribution in [0.2, 0.25) is 0 Å². The monoisotopic (exact) mass is 261 g/mol. The second-order valence-electron chi connectivity index (χ2n) is 4.05. The molecule has 19 heavy (non-hydrogen) atoms. The molecule has 1 aromatic rings. The number of amides is 1. The molecule has 0 atom stereocenters. The van der Waals surface area contributed by atoms with Crippen LogP contribution in [0.25, 0.3) is 0 Å². The third-order valence-corrected chi connectivity index (χ3v) is 2.56. The van der Waals surface area contributed by atoms with Crippen molar-refractivity contribution in [1.82, 2.24) is 0 Å². The zero-order valence-corrected chi connectivity index (χ0v) is 11.1. The van der Waals surface area contributed by atoms with E-state index in [1.54, 1.807) is 6.92 Å². The number of rotatable bonds is 7. The summed E-state index contributed by atoms with van der Waals surface area (Å²) >= 11 is 0. The number of carbonyl (C=O) groups is 2. The van der Waals surface area contributed by atoms with Crippen LogP contribution in [0.3, 0.4) is 0 Å². The summed E-state index contributed by atoms with van der Waals surface area (Å²) in [7, 11) is 0. The fourth-order valence-electron chi connectivity index (χ4n) is 1.62. The van der Waals surface area contributed by atoms with E-state index in [2.05, 4.69) is 11.9 Å². The summed E-state index contributed by atoms with van der Waals surface area (Å²) in [5.74, 6) is -0.382. The highest BCUT2D eigenvalue weighted by Gasteiger charge is 2.02. The SMILES string of the molecule is C=CC(=O)Nc1ccc(CCCC(=O)OCC)cc1. The molecule has 1 N–H and O–H groups in total. The predicted molar refractivity (Wildman–Crippen MR) is 74.8 cm³/mol. The van der Waals surface area contributed by atoms with Gasteiger partial charge in [-0.1, -0.05) is 18.7 Å². The lowest BCUT2D eigenvalue weighted by Gasteiger charge is -2.05. The minimum atomic E-state index is -0.227. The first-order chi connectivity index (χ1) is 9.15. The molecule has 0 heterocycles. The van der Waals surface area contributed by atoms with Crippen molar-refractivity contribution in [3.63, 3.8) is 0 Å². The number of carbonyl (C=O) groups excluding carboxylic acids is 2. The van der Waals surface area contributed by atoms with Crippen LogP contribution in [0, 0.1) is 0 Å². The van der Waals surface area contributed by atoms with Crippen molar-refractivity contribution in [2.45, 2.75) is 26.2 Å². The van der Waals surface area contributed by atoms with Gasteiger partial charge < -0.3 is 10.1 Å². The minimum absolute atomic E-state index is 0.155. The van der Waals surface area contributed by atoms with Crippen LogP contribution < -0.4 is 5.32 Å². The molecule has 0 aliphatic rings. The largest absolute Gasteiger partial charge is 0.466 e. The van der Waals surface area contributed by atoms with Crippen molar-refractivity contribution in [3.05, 3.63) is 42.5 Å². The highest BCUT2D eigenvalue weighted by atomic mass is 16.5. The Balaban J connectivity index is 2.38. The minimum Gasteiger partial charge on any atom is -0.466 e. The highest BCUT2D eigenvalue weighted by molar-refractivity contribution is 5.98. The Labute approximate surface area is 113 Å². The third-order valence-electron chi connectivity index (χ3n) is 2.56. The molecule has 4 heteroatoms. The summed E-state index contributed by atoms with van der Waals surface area (Å²) in [5.41, 5.74) is 1.86. The molecule has 1 amide bonds. The first-order valence-corrected chi connectivity index (χ1v) is 6.33. The number of hydrogen-bond acceptors (Lipinski definition) is 3. The molecular weight excluding hydrogens is 242 g/mol. The average Bonchev–Trinajstić information content (AvgIpc) is 2.41. The standard InChI is InChI=1S/C15H19NO3/c1-3-14(17)16-13-10-8-12(9-11-13)6-5-7-15(18)19-4-2/h3,8-11H,1,4-7H2,2H3,(H,16,17). The van der Waals surface area contributed by atoms with Gasteiger partial charge >= 0.3 is 5.97 Å². The van der Waals surface area contributed by atoms with Crippen LogP contribution >= 0.6 is 0 Å². The fraction of sp³-hybridized carbons (Fsp3) is 0.333. The highest BCUT2D eigenvalue weighted by Crippen LogP contribution is 2.12. The molecule has 0 unspecified atom stereocenters. The maximum atomic E-state index is 11.2. The maximum Gasteiger partial charge on any atom is 0.305 e. The van der Waals surface area contributed by atoms with Crippen molar-refractivity contribution < 1.29 is 14.3 Å². The smallest absolute Gasteiger partial charge is 0.305 e. The summed E-state index contributed by atoms with van der Waals surface area (Å²) in [4.78, 5) is 22.3. The molecule has 0 radical (unpaired) electrons. The Bertz CT molecular complexity index is 437. The zero-order chi connectivity index (χ0) is 14.1. The molecule has 1 aromatic carbocycles. The molecule has 0 aliphatic heterocycles. The Morgan fingerprint density at radius 3 is 2.58 bits per heavy atom. The van der Waals surface area contributed by atoms with Crippen molar-refractivity contribution >= 4 is 17.6 Å². The van der Waals surface area contributed by atoms with Gasteiger partial charge in [-0.15, -0.1) is 0 Å². The molecule has 0 aliphatic carbocycles. The topological polar surface area (TPSA) is 55.4 Å². The van der Waals surface area contributed by atoms with Crippen LogP contribution in [-0.2, 0) is 20.7 Å². The normalized spacial score (nSPS) is 9.74. The van der Waals surface area contributed by atoms with Crippen molar-refractivity contribution in [2.24, 2.45) is 0 Å². The van der Waals surface area contributed by atoms with E-state index in [1.165, 1.54) is 6.08 Å². The van der Waals surface area contributed by atoms with Crippen molar-refractivity contribution in [1.29, 1.82) is 0 Å². The third kappa shape index (κ3) is 5.86. The first-order valence-electron chi connectivity index (χ1n) is 6.33. The van der Waals surface area contributed by atoms with Gasteiger partial charge in [-0.05, 0) is 43.5 Å². The lowest BCUT2D eigenvalue weighted by atomic mass is 10.1. The Morgan fingerprint density at radius 1 is 1.32 bits per heavy atom.